The topological polar surface area (TPSA) is 57.3 Å². The molecule has 2 aromatic carbocycles. The summed E-state index contributed by atoms with van der Waals surface area (Å²) in [6, 6.07) is 10.9. The molecule has 3 aromatic rings. The van der Waals surface area contributed by atoms with Crippen molar-refractivity contribution in [3.63, 3.8) is 0 Å². The van der Waals surface area contributed by atoms with Crippen molar-refractivity contribution in [2.45, 2.75) is 6.54 Å². The minimum absolute atomic E-state index is 0.135. The lowest BCUT2D eigenvalue weighted by molar-refractivity contribution is 0.0946. The lowest BCUT2D eigenvalue weighted by atomic mass is 10.1. The van der Waals surface area contributed by atoms with Gasteiger partial charge in [0.25, 0.3) is 5.91 Å². The zero-order valence-electron chi connectivity index (χ0n) is 14.2. The molecule has 1 amide bonds. The number of amides is 1. The minimum Gasteiger partial charge on any atom is -0.346 e. The summed E-state index contributed by atoms with van der Waals surface area (Å²) >= 11 is 1.46. The number of rotatable bonds is 4. The Morgan fingerprint density at radius 2 is 2.04 bits per heavy atom. The van der Waals surface area contributed by atoms with Crippen LogP contribution in [0.1, 0.15) is 16.1 Å². The van der Waals surface area contributed by atoms with Crippen molar-refractivity contribution in [1.82, 2.24) is 15.6 Å². The number of hydrogen-bond acceptors (Lipinski definition) is 5. The lowest BCUT2D eigenvalue weighted by Crippen LogP contribution is -2.43. The van der Waals surface area contributed by atoms with Gasteiger partial charge in [-0.3, -0.25) is 4.79 Å². The number of fused-ring (bicyclic) bond motifs is 1. The van der Waals surface area contributed by atoms with E-state index in [1.165, 1.54) is 11.3 Å². The molecule has 0 radical (unpaired) electrons. The molecule has 2 heterocycles. The highest BCUT2D eigenvalue weighted by atomic mass is 32.1. The molecule has 0 atom stereocenters. The standard InChI is InChI=1S/C19H19FN4OS/c20-17-14(6-5-13-3-1-2-4-15(13)17)11-22-18(25)16-12-26-19(23-16)24-9-7-21-8-10-24/h1-6,12,21H,7-11H2,(H,22,25). The van der Waals surface area contributed by atoms with E-state index in [1.807, 2.05) is 18.2 Å². The average molecular weight is 370 g/mol. The second kappa shape index (κ2) is 7.39. The number of nitrogens with zero attached hydrogens (tertiary/aromatic N) is 2. The first-order chi connectivity index (χ1) is 12.7. The van der Waals surface area contributed by atoms with E-state index in [0.717, 1.165) is 36.7 Å². The maximum atomic E-state index is 14.6. The average Bonchev–Trinajstić information content (AvgIpc) is 3.18. The fraction of sp³-hybridized carbons (Fsp3) is 0.263. The molecular formula is C19H19FN4OS. The van der Waals surface area contributed by atoms with E-state index < -0.39 is 0 Å². The van der Waals surface area contributed by atoms with Crippen molar-refractivity contribution in [2.24, 2.45) is 0 Å². The molecule has 0 unspecified atom stereocenters. The largest absolute Gasteiger partial charge is 0.346 e. The molecule has 2 N–H and O–H groups in total. The van der Waals surface area contributed by atoms with Crippen molar-refractivity contribution < 1.29 is 9.18 Å². The molecule has 4 rings (SSSR count). The Morgan fingerprint density at radius 3 is 2.88 bits per heavy atom. The van der Waals surface area contributed by atoms with Crippen molar-refractivity contribution >= 4 is 33.1 Å². The number of nitrogens with one attached hydrogen (secondary N) is 2. The van der Waals surface area contributed by atoms with Crippen LogP contribution in [-0.4, -0.2) is 37.1 Å². The normalized spacial score (nSPS) is 14.6. The summed E-state index contributed by atoms with van der Waals surface area (Å²) in [5.41, 5.74) is 0.847. The number of thiazole rings is 1. The molecule has 0 bridgehead atoms. The molecule has 134 valence electrons. The van der Waals surface area contributed by atoms with Gasteiger partial charge in [-0.05, 0) is 5.39 Å². The van der Waals surface area contributed by atoms with Crippen LogP contribution in [-0.2, 0) is 6.54 Å². The molecule has 7 heteroatoms. The van der Waals surface area contributed by atoms with Gasteiger partial charge in [0.1, 0.15) is 11.5 Å². The van der Waals surface area contributed by atoms with Gasteiger partial charge in [-0.25, -0.2) is 9.37 Å². The number of aromatic nitrogens is 1. The van der Waals surface area contributed by atoms with Crippen LogP contribution in [0.4, 0.5) is 9.52 Å². The SMILES string of the molecule is O=C(NCc1ccc2ccccc2c1F)c1csc(N2CCNCC2)n1. The van der Waals surface area contributed by atoms with E-state index >= 15 is 0 Å². The molecule has 1 aliphatic rings. The van der Waals surface area contributed by atoms with E-state index in [9.17, 15) is 9.18 Å². The van der Waals surface area contributed by atoms with E-state index in [-0.39, 0.29) is 18.3 Å². The van der Waals surface area contributed by atoms with Gasteiger partial charge in [0.05, 0.1) is 0 Å². The monoisotopic (exact) mass is 370 g/mol. The maximum absolute atomic E-state index is 14.6. The van der Waals surface area contributed by atoms with Crippen LogP contribution in [0.2, 0.25) is 0 Å². The van der Waals surface area contributed by atoms with Gasteiger partial charge in [-0.1, -0.05) is 36.4 Å². The second-order valence-corrected chi connectivity index (χ2v) is 7.03. The third-order valence-electron chi connectivity index (χ3n) is 4.49. The molecule has 0 spiro atoms. The van der Waals surface area contributed by atoms with Gasteiger partial charge in [-0.15, -0.1) is 11.3 Å². The summed E-state index contributed by atoms with van der Waals surface area (Å²) in [4.78, 5) is 19.0. The van der Waals surface area contributed by atoms with Crippen LogP contribution >= 0.6 is 11.3 Å². The van der Waals surface area contributed by atoms with E-state index in [2.05, 4.69) is 20.5 Å². The zero-order chi connectivity index (χ0) is 17.9. The number of piperazine rings is 1. The second-order valence-electron chi connectivity index (χ2n) is 6.19. The van der Waals surface area contributed by atoms with Gasteiger partial charge in [0, 0.05) is 49.1 Å². The van der Waals surface area contributed by atoms with Crippen LogP contribution in [0.5, 0.6) is 0 Å². The molecule has 0 aliphatic carbocycles. The Morgan fingerprint density at radius 1 is 1.23 bits per heavy atom. The van der Waals surface area contributed by atoms with E-state index in [4.69, 9.17) is 0 Å². The lowest BCUT2D eigenvalue weighted by Gasteiger charge is -2.26. The third-order valence-corrected chi connectivity index (χ3v) is 5.40. The first kappa shape index (κ1) is 16.9. The predicted molar refractivity (Wildman–Crippen MR) is 102 cm³/mol. The Bertz CT molecular complexity index is 936. The molecule has 5 nitrogen and oxygen atoms in total. The van der Waals surface area contributed by atoms with Gasteiger partial charge in [-0.2, -0.15) is 0 Å². The number of benzene rings is 2. The van der Waals surface area contributed by atoms with Crippen LogP contribution < -0.4 is 15.5 Å². The van der Waals surface area contributed by atoms with Crippen molar-refractivity contribution in [1.29, 1.82) is 0 Å². The number of carbonyl (C=O) groups is 1. The fourth-order valence-corrected chi connectivity index (χ4v) is 3.91. The van der Waals surface area contributed by atoms with Crippen molar-refractivity contribution in [3.05, 3.63) is 58.9 Å². The van der Waals surface area contributed by atoms with Crippen LogP contribution in [0, 0.1) is 5.82 Å². The van der Waals surface area contributed by atoms with Crippen molar-refractivity contribution in [3.8, 4) is 0 Å². The first-order valence-electron chi connectivity index (χ1n) is 8.58. The first-order valence-corrected chi connectivity index (χ1v) is 9.46. The fourth-order valence-electron chi connectivity index (χ4n) is 3.05. The molecular weight excluding hydrogens is 351 g/mol. The highest BCUT2D eigenvalue weighted by molar-refractivity contribution is 7.13. The van der Waals surface area contributed by atoms with Crippen LogP contribution in [0.25, 0.3) is 10.8 Å². The Balaban J connectivity index is 1.44. The zero-order valence-corrected chi connectivity index (χ0v) is 15.0. The summed E-state index contributed by atoms with van der Waals surface area (Å²) in [6.45, 7) is 3.74. The summed E-state index contributed by atoms with van der Waals surface area (Å²) < 4.78 is 14.6. The van der Waals surface area contributed by atoms with Gasteiger partial charge in [0.15, 0.2) is 5.13 Å². The van der Waals surface area contributed by atoms with Gasteiger partial charge < -0.3 is 15.5 Å². The number of hydrogen-bond donors (Lipinski definition) is 2. The smallest absolute Gasteiger partial charge is 0.271 e. The Kier molecular flexibility index (Phi) is 4.81. The summed E-state index contributed by atoms with van der Waals surface area (Å²) in [6.07, 6.45) is 0. The third kappa shape index (κ3) is 3.40. The molecule has 1 saturated heterocycles. The van der Waals surface area contributed by atoms with E-state index in [1.54, 1.807) is 23.6 Å². The summed E-state index contributed by atoms with van der Waals surface area (Å²) in [7, 11) is 0. The highest BCUT2D eigenvalue weighted by Gasteiger charge is 2.17. The van der Waals surface area contributed by atoms with Crippen LogP contribution in [0.15, 0.2) is 41.8 Å². The molecule has 1 fully saturated rings. The Labute approximate surface area is 154 Å². The molecule has 1 aliphatic heterocycles. The summed E-state index contributed by atoms with van der Waals surface area (Å²) in [5.74, 6) is -0.571. The van der Waals surface area contributed by atoms with Crippen LogP contribution in [0.3, 0.4) is 0 Å². The molecule has 0 saturated carbocycles. The predicted octanol–water partition coefficient (Wildman–Crippen LogP) is 2.78. The number of anilines is 1. The van der Waals surface area contributed by atoms with E-state index in [0.29, 0.717) is 16.6 Å². The maximum Gasteiger partial charge on any atom is 0.271 e. The summed E-state index contributed by atoms with van der Waals surface area (Å²) in [5, 5.41) is 10.1. The Hall–Kier alpha value is -2.51. The van der Waals surface area contributed by atoms with Gasteiger partial charge in [0.2, 0.25) is 0 Å². The number of halogens is 1. The molecule has 26 heavy (non-hydrogen) atoms. The highest BCUT2D eigenvalue weighted by Crippen LogP contribution is 2.22. The minimum atomic E-state index is -0.289. The van der Waals surface area contributed by atoms with Crippen molar-refractivity contribution in [2.75, 3.05) is 31.1 Å². The quantitative estimate of drug-likeness (QED) is 0.742. The van der Waals surface area contributed by atoms with Gasteiger partial charge >= 0.3 is 0 Å². The molecule has 1 aromatic heterocycles. The number of carbonyl (C=O) groups excluding carboxylic acids is 1.